The smallest absolute Gasteiger partial charge is 0.123 e. The van der Waals surface area contributed by atoms with Crippen molar-refractivity contribution >= 4 is 0 Å². The van der Waals surface area contributed by atoms with Crippen LogP contribution in [-0.4, -0.2) is 7.11 Å². The van der Waals surface area contributed by atoms with Gasteiger partial charge in [0.05, 0.1) is 7.11 Å². The molecule has 0 fully saturated rings. The fourth-order valence-corrected chi connectivity index (χ4v) is 2.18. The van der Waals surface area contributed by atoms with E-state index in [9.17, 15) is 0 Å². The van der Waals surface area contributed by atoms with Gasteiger partial charge in [-0.05, 0) is 34.7 Å². The fourth-order valence-electron chi connectivity index (χ4n) is 2.18. The maximum atomic E-state index is 5.76. The van der Waals surface area contributed by atoms with Crippen molar-refractivity contribution in [1.29, 1.82) is 0 Å². The first kappa shape index (κ1) is 13.6. The molecule has 0 atom stereocenters. The van der Waals surface area contributed by atoms with Gasteiger partial charge in [-0.2, -0.15) is 0 Å². The highest BCUT2D eigenvalue weighted by Gasteiger charge is 2.05. The average Bonchev–Trinajstić information content (AvgIpc) is 2.46. The van der Waals surface area contributed by atoms with Crippen molar-refractivity contribution in [2.75, 3.05) is 7.11 Å². The lowest BCUT2D eigenvalue weighted by molar-refractivity contribution is 0.410. The van der Waals surface area contributed by atoms with Crippen molar-refractivity contribution in [1.82, 2.24) is 0 Å². The van der Waals surface area contributed by atoms with E-state index in [1.807, 2.05) is 6.07 Å². The molecule has 100 valence electrons. The molecule has 0 aromatic heterocycles. The standard InChI is InChI=1S/C17H21NO/c1-12(2)13-4-6-14(7-5-13)15-8-9-17(19-3)16(10-15)11-18/h4-10,12H,11,18H2,1-3H3. The Bertz CT molecular complexity index is 544. The second-order valence-electron chi connectivity index (χ2n) is 5.01. The molecule has 0 unspecified atom stereocenters. The van der Waals surface area contributed by atoms with Crippen LogP contribution in [0.4, 0.5) is 0 Å². The Labute approximate surface area is 115 Å². The minimum absolute atomic E-state index is 0.487. The van der Waals surface area contributed by atoms with Gasteiger partial charge in [-0.3, -0.25) is 0 Å². The molecule has 0 aliphatic rings. The number of nitrogens with two attached hydrogens (primary N) is 1. The van der Waals surface area contributed by atoms with Gasteiger partial charge in [-0.1, -0.05) is 44.2 Å². The van der Waals surface area contributed by atoms with E-state index in [1.54, 1.807) is 7.11 Å². The average molecular weight is 255 g/mol. The maximum absolute atomic E-state index is 5.76. The molecule has 2 nitrogen and oxygen atoms in total. The Morgan fingerprint density at radius 3 is 2.16 bits per heavy atom. The summed E-state index contributed by atoms with van der Waals surface area (Å²) in [5, 5.41) is 0. The summed E-state index contributed by atoms with van der Waals surface area (Å²) in [7, 11) is 1.67. The van der Waals surface area contributed by atoms with E-state index in [4.69, 9.17) is 10.5 Å². The molecule has 0 radical (unpaired) electrons. The molecule has 0 heterocycles. The van der Waals surface area contributed by atoms with Gasteiger partial charge >= 0.3 is 0 Å². The van der Waals surface area contributed by atoms with Crippen LogP contribution in [0.25, 0.3) is 11.1 Å². The van der Waals surface area contributed by atoms with Crippen LogP contribution in [0, 0.1) is 0 Å². The molecular weight excluding hydrogens is 234 g/mol. The van der Waals surface area contributed by atoms with Crippen molar-refractivity contribution in [3.63, 3.8) is 0 Å². The second-order valence-corrected chi connectivity index (χ2v) is 5.01. The van der Waals surface area contributed by atoms with Gasteiger partial charge in [0.1, 0.15) is 5.75 Å². The van der Waals surface area contributed by atoms with Crippen LogP contribution in [0.2, 0.25) is 0 Å². The molecule has 0 aliphatic carbocycles. The quantitative estimate of drug-likeness (QED) is 0.898. The normalized spacial score (nSPS) is 10.8. The van der Waals surface area contributed by atoms with Crippen molar-refractivity contribution in [3.05, 3.63) is 53.6 Å². The van der Waals surface area contributed by atoms with Crippen molar-refractivity contribution in [2.24, 2.45) is 5.73 Å². The summed E-state index contributed by atoms with van der Waals surface area (Å²) in [6.07, 6.45) is 0. The summed E-state index contributed by atoms with van der Waals surface area (Å²) in [6, 6.07) is 14.9. The van der Waals surface area contributed by atoms with Crippen LogP contribution >= 0.6 is 0 Å². The zero-order valence-electron chi connectivity index (χ0n) is 11.8. The van der Waals surface area contributed by atoms with E-state index >= 15 is 0 Å². The molecule has 2 rings (SSSR count). The predicted molar refractivity (Wildman–Crippen MR) is 80.4 cm³/mol. The molecule has 2 aromatic rings. The Morgan fingerprint density at radius 2 is 1.63 bits per heavy atom. The molecule has 0 saturated carbocycles. The van der Waals surface area contributed by atoms with Gasteiger partial charge in [0, 0.05) is 12.1 Å². The molecule has 19 heavy (non-hydrogen) atoms. The summed E-state index contributed by atoms with van der Waals surface area (Å²) in [5.41, 5.74) is 10.5. The van der Waals surface area contributed by atoms with E-state index in [1.165, 1.54) is 16.7 Å². The number of hydrogen-bond donors (Lipinski definition) is 1. The summed E-state index contributed by atoms with van der Waals surface area (Å²) in [6.45, 7) is 4.89. The molecule has 0 saturated heterocycles. The lowest BCUT2D eigenvalue weighted by Gasteiger charge is -2.11. The number of hydrogen-bond acceptors (Lipinski definition) is 2. The maximum Gasteiger partial charge on any atom is 0.123 e. The summed E-state index contributed by atoms with van der Waals surface area (Å²) < 4.78 is 5.30. The molecule has 0 aliphatic heterocycles. The molecule has 0 spiro atoms. The summed E-state index contributed by atoms with van der Waals surface area (Å²) >= 11 is 0. The third-order valence-corrected chi connectivity index (χ3v) is 3.41. The topological polar surface area (TPSA) is 35.2 Å². The first-order valence-electron chi connectivity index (χ1n) is 6.63. The Kier molecular flexibility index (Phi) is 4.23. The van der Waals surface area contributed by atoms with Gasteiger partial charge in [-0.25, -0.2) is 0 Å². The van der Waals surface area contributed by atoms with Crippen molar-refractivity contribution < 1.29 is 4.74 Å². The largest absolute Gasteiger partial charge is 0.496 e. The van der Waals surface area contributed by atoms with Crippen molar-refractivity contribution in [3.8, 4) is 16.9 Å². The van der Waals surface area contributed by atoms with Crippen LogP contribution in [0.5, 0.6) is 5.75 Å². The monoisotopic (exact) mass is 255 g/mol. The molecular formula is C17H21NO. The van der Waals surface area contributed by atoms with Crippen LogP contribution in [0.15, 0.2) is 42.5 Å². The van der Waals surface area contributed by atoms with Gasteiger partial charge in [0.2, 0.25) is 0 Å². The highest BCUT2D eigenvalue weighted by molar-refractivity contribution is 5.66. The van der Waals surface area contributed by atoms with E-state index < -0.39 is 0 Å². The predicted octanol–water partition coefficient (Wildman–Crippen LogP) is 3.94. The number of methoxy groups -OCH3 is 1. The third-order valence-electron chi connectivity index (χ3n) is 3.41. The van der Waals surface area contributed by atoms with E-state index in [0.717, 1.165) is 11.3 Å². The minimum atomic E-state index is 0.487. The molecule has 2 aromatic carbocycles. The molecule has 2 N–H and O–H groups in total. The minimum Gasteiger partial charge on any atom is -0.496 e. The molecule has 0 amide bonds. The van der Waals surface area contributed by atoms with Crippen LogP contribution < -0.4 is 10.5 Å². The van der Waals surface area contributed by atoms with E-state index in [0.29, 0.717) is 12.5 Å². The lowest BCUT2D eigenvalue weighted by atomic mass is 9.97. The van der Waals surface area contributed by atoms with Gasteiger partial charge in [0.15, 0.2) is 0 Å². The Hall–Kier alpha value is -1.80. The summed E-state index contributed by atoms with van der Waals surface area (Å²) in [5.74, 6) is 1.41. The number of benzene rings is 2. The van der Waals surface area contributed by atoms with Crippen LogP contribution in [0.1, 0.15) is 30.9 Å². The van der Waals surface area contributed by atoms with Crippen LogP contribution in [0.3, 0.4) is 0 Å². The zero-order chi connectivity index (χ0) is 13.8. The second kappa shape index (κ2) is 5.89. The fraction of sp³-hybridized carbons (Fsp3) is 0.294. The zero-order valence-corrected chi connectivity index (χ0v) is 11.8. The number of ether oxygens (including phenoxy) is 1. The van der Waals surface area contributed by atoms with Crippen molar-refractivity contribution in [2.45, 2.75) is 26.3 Å². The highest BCUT2D eigenvalue weighted by atomic mass is 16.5. The van der Waals surface area contributed by atoms with Gasteiger partial charge in [0.25, 0.3) is 0 Å². The first-order chi connectivity index (χ1) is 9.15. The van der Waals surface area contributed by atoms with Gasteiger partial charge < -0.3 is 10.5 Å². The lowest BCUT2D eigenvalue weighted by Crippen LogP contribution is -2.00. The Morgan fingerprint density at radius 1 is 1.00 bits per heavy atom. The third kappa shape index (κ3) is 2.96. The first-order valence-corrected chi connectivity index (χ1v) is 6.63. The SMILES string of the molecule is COc1ccc(-c2ccc(C(C)C)cc2)cc1CN. The summed E-state index contributed by atoms with van der Waals surface area (Å²) in [4.78, 5) is 0. The number of rotatable bonds is 4. The highest BCUT2D eigenvalue weighted by Crippen LogP contribution is 2.27. The van der Waals surface area contributed by atoms with E-state index in [-0.39, 0.29) is 0 Å². The molecule has 2 heteroatoms. The van der Waals surface area contributed by atoms with Crippen LogP contribution in [-0.2, 0) is 6.54 Å². The van der Waals surface area contributed by atoms with E-state index in [2.05, 4.69) is 50.2 Å². The Balaban J connectivity index is 2.36. The molecule has 0 bridgehead atoms. The van der Waals surface area contributed by atoms with Gasteiger partial charge in [-0.15, -0.1) is 0 Å².